The molecule has 1 heterocycles. The SMILES string of the molecule is CCCCCCCc1ccc(-c2ccc(OCC(F)CC(C)C)cn2)cc1. The molecule has 27 heavy (non-hydrogen) atoms. The van der Waals surface area contributed by atoms with Crippen molar-refractivity contribution in [2.24, 2.45) is 5.92 Å². The number of pyridine rings is 1. The maximum Gasteiger partial charge on any atom is 0.137 e. The lowest BCUT2D eigenvalue weighted by molar-refractivity contribution is 0.173. The van der Waals surface area contributed by atoms with Crippen LogP contribution in [-0.2, 0) is 6.42 Å². The molecule has 0 spiro atoms. The van der Waals surface area contributed by atoms with Gasteiger partial charge in [-0.25, -0.2) is 4.39 Å². The minimum absolute atomic E-state index is 0.0894. The number of alkyl halides is 1. The van der Waals surface area contributed by atoms with E-state index in [0.29, 0.717) is 18.1 Å². The van der Waals surface area contributed by atoms with Gasteiger partial charge in [-0.15, -0.1) is 0 Å². The first-order chi connectivity index (χ1) is 13.1. The summed E-state index contributed by atoms with van der Waals surface area (Å²) in [7, 11) is 0. The number of unbranched alkanes of at least 4 members (excludes halogenated alkanes) is 4. The summed E-state index contributed by atoms with van der Waals surface area (Å²) in [4.78, 5) is 4.47. The second-order valence-electron chi connectivity index (χ2n) is 7.78. The average Bonchev–Trinajstić information content (AvgIpc) is 2.67. The highest BCUT2D eigenvalue weighted by atomic mass is 19.1. The molecule has 2 aromatic rings. The van der Waals surface area contributed by atoms with Crippen molar-refractivity contribution >= 4 is 0 Å². The molecule has 2 rings (SSSR count). The summed E-state index contributed by atoms with van der Waals surface area (Å²) in [6.07, 6.45) is 8.96. The lowest BCUT2D eigenvalue weighted by atomic mass is 10.0. The number of benzene rings is 1. The number of aryl methyl sites for hydroxylation is 1. The summed E-state index contributed by atoms with van der Waals surface area (Å²) >= 11 is 0. The lowest BCUT2D eigenvalue weighted by Gasteiger charge is -2.12. The van der Waals surface area contributed by atoms with Gasteiger partial charge in [-0.05, 0) is 42.9 Å². The van der Waals surface area contributed by atoms with E-state index < -0.39 is 6.17 Å². The first-order valence-electron chi connectivity index (χ1n) is 10.4. The van der Waals surface area contributed by atoms with E-state index in [9.17, 15) is 4.39 Å². The van der Waals surface area contributed by atoms with E-state index in [4.69, 9.17) is 4.74 Å². The molecule has 2 nitrogen and oxygen atoms in total. The molecule has 0 aliphatic heterocycles. The molecule has 0 aliphatic carbocycles. The quantitative estimate of drug-likeness (QED) is 0.374. The Morgan fingerprint density at radius 2 is 1.70 bits per heavy atom. The summed E-state index contributed by atoms with van der Waals surface area (Å²) in [5.41, 5.74) is 3.39. The van der Waals surface area contributed by atoms with Gasteiger partial charge < -0.3 is 4.74 Å². The minimum atomic E-state index is -0.931. The van der Waals surface area contributed by atoms with E-state index in [1.54, 1.807) is 6.20 Å². The Morgan fingerprint density at radius 1 is 0.963 bits per heavy atom. The molecule has 1 aromatic heterocycles. The molecule has 3 heteroatoms. The van der Waals surface area contributed by atoms with Gasteiger partial charge in [-0.2, -0.15) is 0 Å². The van der Waals surface area contributed by atoms with Crippen LogP contribution in [0.2, 0.25) is 0 Å². The molecule has 1 aromatic carbocycles. The fraction of sp³-hybridized carbons (Fsp3) is 0.542. The maximum absolute atomic E-state index is 13.7. The molecule has 1 unspecified atom stereocenters. The monoisotopic (exact) mass is 371 g/mol. The Balaban J connectivity index is 1.82. The van der Waals surface area contributed by atoms with E-state index in [0.717, 1.165) is 17.7 Å². The van der Waals surface area contributed by atoms with Crippen LogP contribution in [0.25, 0.3) is 11.3 Å². The third-order valence-electron chi connectivity index (χ3n) is 4.71. The van der Waals surface area contributed by atoms with Gasteiger partial charge in [-0.1, -0.05) is 70.7 Å². The van der Waals surface area contributed by atoms with Crippen LogP contribution in [0.3, 0.4) is 0 Å². The Kier molecular flexibility index (Phi) is 9.30. The van der Waals surface area contributed by atoms with Crippen molar-refractivity contribution in [3.63, 3.8) is 0 Å². The van der Waals surface area contributed by atoms with Crippen molar-refractivity contribution in [3.05, 3.63) is 48.2 Å². The first-order valence-corrected chi connectivity index (χ1v) is 10.4. The second kappa shape index (κ2) is 11.7. The van der Waals surface area contributed by atoms with Crippen molar-refractivity contribution in [2.45, 2.75) is 71.9 Å². The van der Waals surface area contributed by atoms with Crippen molar-refractivity contribution in [1.82, 2.24) is 4.98 Å². The molecule has 0 amide bonds. The molecule has 0 fully saturated rings. The Hall–Kier alpha value is -1.90. The maximum atomic E-state index is 13.7. The third kappa shape index (κ3) is 8.11. The summed E-state index contributed by atoms with van der Waals surface area (Å²) in [6, 6.07) is 12.5. The predicted octanol–water partition coefficient (Wildman–Crippen LogP) is 7.02. The Morgan fingerprint density at radius 3 is 2.33 bits per heavy atom. The van der Waals surface area contributed by atoms with Crippen LogP contribution in [0.4, 0.5) is 4.39 Å². The van der Waals surface area contributed by atoms with Crippen molar-refractivity contribution in [3.8, 4) is 17.0 Å². The van der Waals surface area contributed by atoms with Gasteiger partial charge >= 0.3 is 0 Å². The van der Waals surface area contributed by atoms with Crippen LogP contribution in [0, 0.1) is 5.92 Å². The molecular formula is C24H34FNO. The fourth-order valence-corrected chi connectivity index (χ4v) is 3.18. The van der Waals surface area contributed by atoms with Crippen LogP contribution >= 0.6 is 0 Å². The summed E-state index contributed by atoms with van der Waals surface area (Å²) in [5.74, 6) is 0.956. The van der Waals surface area contributed by atoms with Crippen LogP contribution < -0.4 is 4.74 Å². The fourth-order valence-electron chi connectivity index (χ4n) is 3.18. The number of ether oxygens (including phenoxy) is 1. The number of aromatic nitrogens is 1. The van der Waals surface area contributed by atoms with Gasteiger partial charge in [0.2, 0.25) is 0 Å². The number of rotatable bonds is 12. The zero-order chi connectivity index (χ0) is 19.5. The molecule has 0 saturated heterocycles. The average molecular weight is 372 g/mol. The number of halogens is 1. The molecule has 0 bridgehead atoms. The molecule has 148 valence electrons. The lowest BCUT2D eigenvalue weighted by Crippen LogP contribution is -2.15. The standard InChI is InChI=1S/C24H34FNO/c1-4-5-6-7-8-9-20-10-12-21(13-11-20)24-15-14-23(17-26-24)27-18-22(25)16-19(2)3/h10-15,17,19,22H,4-9,16,18H2,1-3H3. The largest absolute Gasteiger partial charge is 0.489 e. The van der Waals surface area contributed by atoms with Crippen molar-refractivity contribution < 1.29 is 9.13 Å². The molecule has 0 N–H and O–H groups in total. The third-order valence-corrected chi connectivity index (χ3v) is 4.71. The highest BCUT2D eigenvalue weighted by molar-refractivity contribution is 5.59. The molecule has 0 saturated carbocycles. The Labute approximate surface area is 164 Å². The summed E-state index contributed by atoms with van der Waals surface area (Å²) < 4.78 is 19.2. The Bertz CT molecular complexity index is 636. The number of hydrogen-bond donors (Lipinski definition) is 0. The van der Waals surface area contributed by atoms with E-state index >= 15 is 0 Å². The van der Waals surface area contributed by atoms with Crippen LogP contribution in [0.1, 0.15) is 64.9 Å². The van der Waals surface area contributed by atoms with Gasteiger partial charge in [0.1, 0.15) is 18.5 Å². The number of nitrogens with zero attached hydrogens (tertiary/aromatic N) is 1. The molecule has 1 atom stereocenters. The smallest absolute Gasteiger partial charge is 0.137 e. The number of hydrogen-bond acceptors (Lipinski definition) is 2. The summed E-state index contributed by atoms with van der Waals surface area (Å²) in [6.45, 7) is 6.36. The van der Waals surface area contributed by atoms with E-state index in [1.165, 1.54) is 37.7 Å². The van der Waals surface area contributed by atoms with Crippen molar-refractivity contribution in [2.75, 3.05) is 6.61 Å². The first kappa shape index (κ1) is 21.4. The topological polar surface area (TPSA) is 22.1 Å². The summed E-state index contributed by atoms with van der Waals surface area (Å²) in [5, 5.41) is 0. The predicted molar refractivity (Wildman–Crippen MR) is 112 cm³/mol. The zero-order valence-corrected chi connectivity index (χ0v) is 17.1. The van der Waals surface area contributed by atoms with Crippen LogP contribution in [0.15, 0.2) is 42.6 Å². The normalized spacial score (nSPS) is 12.3. The second-order valence-corrected chi connectivity index (χ2v) is 7.78. The van der Waals surface area contributed by atoms with Gasteiger partial charge in [0.05, 0.1) is 11.9 Å². The minimum Gasteiger partial charge on any atom is -0.489 e. The van der Waals surface area contributed by atoms with Gasteiger partial charge in [0.15, 0.2) is 0 Å². The van der Waals surface area contributed by atoms with E-state index in [1.807, 2.05) is 26.0 Å². The highest BCUT2D eigenvalue weighted by Crippen LogP contribution is 2.21. The molecular weight excluding hydrogens is 337 g/mol. The zero-order valence-electron chi connectivity index (χ0n) is 17.1. The van der Waals surface area contributed by atoms with Gasteiger partial charge in [-0.3, -0.25) is 4.98 Å². The van der Waals surface area contributed by atoms with E-state index in [2.05, 4.69) is 36.2 Å². The van der Waals surface area contributed by atoms with E-state index in [-0.39, 0.29) is 6.61 Å². The van der Waals surface area contributed by atoms with Crippen LogP contribution in [-0.4, -0.2) is 17.8 Å². The molecule has 0 radical (unpaired) electrons. The molecule has 0 aliphatic rings. The van der Waals surface area contributed by atoms with Crippen LogP contribution in [0.5, 0.6) is 5.75 Å². The van der Waals surface area contributed by atoms with Gasteiger partial charge in [0, 0.05) is 5.56 Å². The highest BCUT2D eigenvalue weighted by Gasteiger charge is 2.10. The van der Waals surface area contributed by atoms with Gasteiger partial charge in [0.25, 0.3) is 0 Å². The van der Waals surface area contributed by atoms with Crippen molar-refractivity contribution in [1.29, 1.82) is 0 Å².